The second-order valence-electron chi connectivity index (χ2n) is 8.97. The summed E-state index contributed by atoms with van der Waals surface area (Å²) in [6.45, 7) is 4.64. The van der Waals surface area contributed by atoms with Crippen molar-refractivity contribution in [1.29, 1.82) is 0 Å². The zero-order valence-electron chi connectivity index (χ0n) is 17.0. The van der Waals surface area contributed by atoms with Gasteiger partial charge in [-0.25, -0.2) is 4.90 Å². The predicted molar refractivity (Wildman–Crippen MR) is 112 cm³/mol. The monoisotopic (exact) mass is 401 g/mol. The Kier molecular flexibility index (Phi) is 3.44. The molecule has 4 atom stereocenters. The highest BCUT2D eigenvalue weighted by Gasteiger charge is 2.74. The van der Waals surface area contributed by atoms with Crippen LogP contribution in [0, 0.1) is 25.7 Å². The summed E-state index contributed by atoms with van der Waals surface area (Å²) in [4.78, 5) is 44.6. The Morgan fingerprint density at radius 3 is 2.63 bits per heavy atom. The number of carbonyl (C=O) groups excluding carboxylic acids is 3. The van der Waals surface area contributed by atoms with Crippen molar-refractivity contribution in [3.63, 3.8) is 0 Å². The van der Waals surface area contributed by atoms with Gasteiger partial charge in [0, 0.05) is 17.3 Å². The Labute approximate surface area is 174 Å². The fourth-order valence-corrected chi connectivity index (χ4v) is 6.45. The molecule has 2 aromatic rings. The number of rotatable bonds is 1. The van der Waals surface area contributed by atoms with Crippen LogP contribution in [0.15, 0.2) is 42.5 Å². The van der Waals surface area contributed by atoms with Crippen LogP contribution in [0.2, 0.25) is 0 Å². The number of imide groups is 1. The molecule has 0 radical (unpaired) electrons. The van der Waals surface area contributed by atoms with Gasteiger partial charge < -0.3 is 5.32 Å². The lowest BCUT2D eigenvalue weighted by molar-refractivity contribution is -0.135. The molecule has 0 aliphatic carbocycles. The van der Waals surface area contributed by atoms with Gasteiger partial charge in [-0.1, -0.05) is 35.9 Å². The molecule has 3 amide bonds. The predicted octanol–water partition coefficient (Wildman–Crippen LogP) is 2.73. The van der Waals surface area contributed by atoms with E-state index >= 15 is 0 Å². The van der Waals surface area contributed by atoms with Crippen molar-refractivity contribution in [3.05, 3.63) is 59.2 Å². The first kappa shape index (κ1) is 17.8. The fraction of sp³-hybridized carbons (Fsp3) is 0.375. The van der Waals surface area contributed by atoms with Crippen LogP contribution in [0.1, 0.15) is 29.5 Å². The summed E-state index contributed by atoms with van der Waals surface area (Å²) in [5, 5.41) is 3.00. The summed E-state index contributed by atoms with van der Waals surface area (Å²) in [6, 6.07) is 13.3. The molecule has 0 aromatic heterocycles. The molecule has 2 aromatic carbocycles. The maximum Gasteiger partial charge on any atom is 0.250 e. The van der Waals surface area contributed by atoms with Crippen molar-refractivity contribution in [1.82, 2.24) is 4.90 Å². The van der Waals surface area contributed by atoms with E-state index in [2.05, 4.69) is 10.2 Å². The topological polar surface area (TPSA) is 69.7 Å². The highest BCUT2D eigenvalue weighted by Crippen LogP contribution is 2.60. The number of nitrogens with zero attached hydrogens (tertiary/aromatic N) is 2. The maximum atomic E-state index is 13.9. The van der Waals surface area contributed by atoms with E-state index in [-0.39, 0.29) is 23.8 Å². The highest BCUT2D eigenvalue weighted by molar-refractivity contribution is 6.26. The van der Waals surface area contributed by atoms with E-state index in [4.69, 9.17) is 0 Å². The van der Waals surface area contributed by atoms with Crippen LogP contribution >= 0.6 is 0 Å². The minimum Gasteiger partial charge on any atom is -0.324 e. The number of aryl methyl sites for hydroxylation is 2. The number of para-hydroxylation sites is 1. The first-order valence-electron chi connectivity index (χ1n) is 10.6. The summed E-state index contributed by atoms with van der Waals surface area (Å²) < 4.78 is 0. The molecule has 0 unspecified atom stereocenters. The van der Waals surface area contributed by atoms with Gasteiger partial charge in [-0.2, -0.15) is 0 Å². The van der Waals surface area contributed by atoms with Crippen molar-refractivity contribution in [2.75, 3.05) is 16.8 Å². The molecule has 0 bridgehead atoms. The average Bonchev–Trinajstić information content (AvgIpc) is 3.41. The molecular weight excluding hydrogens is 378 g/mol. The number of fused-ring (bicyclic) bond motifs is 7. The SMILES string of the molecule is Cc1ccc(N2C(=O)[C@H]3[C@H]4CCCN4[C@@]4(C(=O)Nc5ccccc54)[C@H]3C2=O)c(C)c1. The largest absolute Gasteiger partial charge is 0.324 e. The molecule has 30 heavy (non-hydrogen) atoms. The minimum atomic E-state index is -1.09. The van der Waals surface area contributed by atoms with Gasteiger partial charge >= 0.3 is 0 Å². The molecule has 6 nitrogen and oxygen atoms in total. The number of carbonyl (C=O) groups is 3. The quantitative estimate of drug-likeness (QED) is 0.746. The number of anilines is 2. The molecule has 3 saturated heterocycles. The fourth-order valence-electron chi connectivity index (χ4n) is 6.45. The highest BCUT2D eigenvalue weighted by atomic mass is 16.2. The number of hydrogen-bond donors (Lipinski definition) is 1. The third kappa shape index (κ3) is 1.90. The van der Waals surface area contributed by atoms with Crippen molar-refractivity contribution in [2.45, 2.75) is 38.3 Å². The molecule has 4 heterocycles. The molecule has 1 N–H and O–H groups in total. The molecule has 152 valence electrons. The van der Waals surface area contributed by atoms with Crippen LogP contribution in [0.3, 0.4) is 0 Å². The summed E-state index contributed by atoms with van der Waals surface area (Å²) in [5.74, 6) is -1.77. The summed E-state index contributed by atoms with van der Waals surface area (Å²) in [5.41, 5.74) is 3.10. The van der Waals surface area contributed by atoms with E-state index in [1.54, 1.807) is 0 Å². The standard InChI is InChI=1S/C24H23N3O3/c1-13-9-10-17(14(2)12-13)27-21(28)19-18-8-5-11-26(18)24(20(19)22(27)29)15-6-3-4-7-16(15)25-23(24)30/h3-4,6-7,9-10,12,18-20H,5,8,11H2,1-2H3,(H,25,30)/t18-,19+,20-,24-/m1/s1. The smallest absolute Gasteiger partial charge is 0.250 e. The summed E-state index contributed by atoms with van der Waals surface area (Å²) in [6.07, 6.45) is 1.76. The Balaban J connectivity index is 1.56. The van der Waals surface area contributed by atoms with Crippen LogP contribution in [-0.2, 0) is 19.9 Å². The van der Waals surface area contributed by atoms with Crippen molar-refractivity contribution < 1.29 is 14.4 Å². The van der Waals surface area contributed by atoms with E-state index in [1.807, 2.05) is 56.3 Å². The third-order valence-corrected chi connectivity index (χ3v) is 7.49. The van der Waals surface area contributed by atoms with Gasteiger partial charge in [0.2, 0.25) is 17.7 Å². The van der Waals surface area contributed by atoms with E-state index in [1.165, 1.54) is 4.90 Å². The van der Waals surface area contributed by atoms with Crippen LogP contribution in [-0.4, -0.2) is 35.2 Å². The Morgan fingerprint density at radius 2 is 1.83 bits per heavy atom. The lowest BCUT2D eigenvalue weighted by Crippen LogP contribution is -2.54. The van der Waals surface area contributed by atoms with Gasteiger partial charge in [-0.3, -0.25) is 19.3 Å². The molecule has 0 saturated carbocycles. The average molecular weight is 401 g/mol. The van der Waals surface area contributed by atoms with Crippen LogP contribution in [0.4, 0.5) is 11.4 Å². The van der Waals surface area contributed by atoms with E-state index in [0.717, 1.165) is 41.8 Å². The maximum absolute atomic E-state index is 13.9. The minimum absolute atomic E-state index is 0.0842. The molecule has 1 spiro atoms. The van der Waals surface area contributed by atoms with Gasteiger partial charge in [0.05, 0.1) is 17.5 Å². The molecular formula is C24H23N3O3. The zero-order valence-corrected chi connectivity index (χ0v) is 17.0. The Morgan fingerprint density at radius 1 is 1.03 bits per heavy atom. The van der Waals surface area contributed by atoms with E-state index in [9.17, 15) is 14.4 Å². The van der Waals surface area contributed by atoms with Gasteiger partial charge in [-0.05, 0) is 50.9 Å². The van der Waals surface area contributed by atoms with E-state index in [0.29, 0.717) is 5.69 Å². The number of hydrogen-bond acceptors (Lipinski definition) is 4. The van der Waals surface area contributed by atoms with Crippen molar-refractivity contribution in [2.24, 2.45) is 11.8 Å². The number of benzene rings is 2. The third-order valence-electron chi connectivity index (χ3n) is 7.49. The molecule has 4 aliphatic heterocycles. The first-order chi connectivity index (χ1) is 14.5. The second kappa shape index (κ2) is 5.79. The lowest BCUT2D eigenvalue weighted by atomic mass is 9.75. The van der Waals surface area contributed by atoms with Crippen molar-refractivity contribution in [3.8, 4) is 0 Å². The van der Waals surface area contributed by atoms with Crippen LogP contribution in [0.5, 0.6) is 0 Å². The molecule has 6 rings (SSSR count). The number of nitrogens with one attached hydrogen (secondary N) is 1. The summed E-state index contributed by atoms with van der Waals surface area (Å²) in [7, 11) is 0. The van der Waals surface area contributed by atoms with Gasteiger partial charge in [0.1, 0.15) is 5.54 Å². The van der Waals surface area contributed by atoms with Gasteiger partial charge in [0.25, 0.3) is 0 Å². The molecule has 4 aliphatic rings. The number of amides is 3. The molecule has 6 heteroatoms. The van der Waals surface area contributed by atoms with Crippen LogP contribution < -0.4 is 10.2 Å². The van der Waals surface area contributed by atoms with E-state index < -0.39 is 17.4 Å². The Bertz CT molecular complexity index is 1140. The lowest BCUT2D eigenvalue weighted by Gasteiger charge is -2.36. The van der Waals surface area contributed by atoms with Crippen molar-refractivity contribution >= 4 is 29.1 Å². The zero-order chi connectivity index (χ0) is 20.8. The van der Waals surface area contributed by atoms with Gasteiger partial charge in [0.15, 0.2) is 0 Å². The van der Waals surface area contributed by atoms with Gasteiger partial charge in [-0.15, -0.1) is 0 Å². The first-order valence-corrected chi connectivity index (χ1v) is 10.6. The summed E-state index contributed by atoms with van der Waals surface area (Å²) >= 11 is 0. The second-order valence-corrected chi connectivity index (χ2v) is 8.97. The van der Waals surface area contributed by atoms with Crippen LogP contribution in [0.25, 0.3) is 0 Å². The Hall–Kier alpha value is -2.99. The molecule has 3 fully saturated rings. The normalized spacial score (nSPS) is 32.0.